The lowest BCUT2D eigenvalue weighted by Gasteiger charge is -2.29. The minimum absolute atomic E-state index is 0.0354. The Morgan fingerprint density at radius 2 is 1.82 bits per heavy atom. The van der Waals surface area contributed by atoms with Crippen molar-refractivity contribution < 1.29 is 45.9 Å². The number of nitrogens with one attached hydrogen (secondary N) is 3. The number of methoxy groups -OCH3 is 1. The van der Waals surface area contributed by atoms with Crippen LogP contribution in [0.1, 0.15) is 63.4 Å². The maximum absolute atomic E-state index is 14.5. The molecule has 8 rings (SSSR count). The summed E-state index contributed by atoms with van der Waals surface area (Å²) in [6.07, 6.45) is 6.13. The van der Waals surface area contributed by atoms with Crippen LogP contribution in [0.5, 0.6) is 5.88 Å². The van der Waals surface area contributed by atoms with Gasteiger partial charge in [-0.15, -0.1) is 0 Å². The van der Waals surface area contributed by atoms with Crippen LogP contribution in [0, 0.1) is 18.7 Å². The summed E-state index contributed by atoms with van der Waals surface area (Å²) in [7, 11) is -2.74. The summed E-state index contributed by atoms with van der Waals surface area (Å²) in [4.78, 5) is 65.9. The second-order valence-electron chi connectivity index (χ2n) is 15.3. The van der Waals surface area contributed by atoms with Crippen molar-refractivity contribution in [1.82, 2.24) is 30.2 Å². The predicted octanol–water partition coefficient (Wildman–Crippen LogP) is 4.57. The summed E-state index contributed by atoms with van der Waals surface area (Å²) in [5.41, 5.74) is 1.04. The molecule has 0 bridgehead atoms. The van der Waals surface area contributed by atoms with Crippen molar-refractivity contribution in [3.8, 4) is 17.3 Å². The molecule has 300 valence electrons. The fourth-order valence-electron chi connectivity index (χ4n) is 7.80. The number of fused-ring (bicyclic) bond motifs is 5. The molecular formula is C40H43FN6O9S. The Balaban J connectivity index is 1.16. The van der Waals surface area contributed by atoms with Crippen LogP contribution in [0.3, 0.4) is 0 Å². The number of amides is 4. The first kappa shape index (κ1) is 38.3. The SMILES string of the molecule is COC(=O)N[C@H]1CCCCC/C=C\[C@@H]2C[C@@]2(C(=O)NS(=O)(=O)C2CC2)NC(=O)[C@@H]2C[C@@H](Oc3nc(-c4ccc(F)cc4)nc4c3oc3c(C)cccc34)CN2C1=O. The third-order valence-corrected chi connectivity index (χ3v) is 13.0. The highest BCUT2D eigenvalue weighted by Gasteiger charge is 2.62. The van der Waals surface area contributed by atoms with E-state index in [1.807, 2.05) is 37.3 Å². The molecule has 0 unspecified atom stereocenters. The number of alkyl carbamates (subject to hydrolysis) is 1. The Bertz CT molecular complexity index is 2400. The molecule has 4 aromatic rings. The van der Waals surface area contributed by atoms with Gasteiger partial charge in [0.15, 0.2) is 5.82 Å². The van der Waals surface area contributed by atoms with Gasteiger partial charge in [-0.1, -0.05) is 37.1 Å². The number of aryl methyl sites for hydroxylation is 1. The number of ether oxygens (including phenoxy) is 2. The summed E-state index contributed by atoms with van der Waals surface area (Å²) in [5, 5.41) is 5.52. The fourth-order valence-corrected chi connectivity index (χ4v) is 9.16. The number of nitrogens with zero attached hydrogens (tertiary/aromatic N) is 3. The molecule has 3 fully saturated rings. The third-order valence-electron chi connectivity index (χ3n) is 11.2. The van der Waals surface area contributed by atoms with E-state index in [0.717, 1.165) is 18.4 Å². The van der Waals surface area contributed by atoms with Gasteiger partial charge in [0.1, 0.15) is 40.6 Å². The zero-order valence-corrected chi connectivity index (χ0v) is 32.3. The normalized spacial score (nSPS) is 26.1. The fraction of sp³-hybridized carbons (Fsp3) is 0.450. The maximum Gasteiger partial charge on any atom is 0.407 e. The van der Waals surface area contributed by atoms with Crippen LogP contribution in [0.4, 0.5) is 9.18 Å². The first-order valence-electron chi connectivity index (χ1n) is 19.2. The maximum atomic E-state index is 14.5. The number of furan rings is 1. The van der Waals surface area contributed by atoms with Crippen molar-refractivity contribution in [3.05, 3.63) is 66.0 Å². The number of sulfonamides is 1. The van der Waals surface area contributed by atoms with Crippen molar-refractivity contribution in [1.29, 1.82) is 0 Å². The molecule has 4 amide bonds. The Morgan fingerprint density at radius 3 is 2.58 bits per heavy atom. The number of halogens is 1. The number of para-hydroxylation sites is 1. The molecule has 2 saturated carbocycles. The molecule has 5 atom stereocenters. The number of allylic oxidation sites excluding steroid dienone is 1. The number of rotatable bonds is 7. The van der Waals surface area contributed by atoms with Gasteiger partial charge in [0.25, 0.3) is 11.8 Å². The van der Waals surface area contributed by atoms with E-state index in [2.05, 4.69) is 15.4 Å². The van der Waals surface area contributed by atoms with E-state index in [-0.39, 0.29) is 43.1 Å². The number of carbonyl (C=O) groups is 4. The van der Waals surface area contributed by atoms with Gasteiger partial charge >= 0.3 is 6.09 Å². The largest absolute Gasteiger partial charge is 0.470 e. The summed E-state index contributed by atoms with van der Waals surface area (Å²) in [6, 6.07) is 9.03. The second kappa shape index (κ2) is 15.1. The van der Waals surface area contributed by atoms with Crippen LogP contribution in [0.25, 0.3) is 33.5 Å². The number of carbonyl (C=O) groups excluding carboxylic acids is 4. The number of hydrogen-bond acceptors (Lipinski definition) is 11. The van der Waals surface area contributed by atoms with E-state index in [9.17, 15) is 32.0 Å². The van der Waals surface area contributed by atoms with Gasteiger partial charge in [-0.2, -0.15) is 4.98 Å². The molecule has 17 heteroatoms. The predicted molar refractivity (Wildman–Crippen MR) is 205 cm³/mol. The number of aromatic nitrogens is 2. The Hall–Kier alpha value is -5.58. The zero-order chi connectivity index (χ0) is 40.1. The van der Waals surface area contributed by atoms with E-state index in [1.165, 1.54) is 24.1 Å². The molecule has 1 saturated heterocycles. The quantitative estimate of drug-likeness (QED) is 0.221. The summed E-state index contributed by atoms with van der Waals surface area (Å²) >= 11 is 0. The minimum atomic E-state index is -3.93. The third kappa shape index (κ3) is 7.64. The highest BCUT2D eigenvalue weighted by molar-refractivity contribution is 7.91. The highest BCUT2D eigenvalue weighted by Crippen LogP contribution is 2.46. The Kier molecular flexibility index (Phi) is 10.1. The van der Waals surface area contributed by atoms with Gasteiger partial charge in [-0.05, 0) is 81.3 Å². The summed E-state index contributed by atoms with van der Waals surface area (Å²) in [6.45, 7) is 1.77. The molecule has 2 aliphatic carbocycles. The van der Waals surface area contributed by atoms with Crippen molar-refractivity contribution in [2.24, 2.45) is 5.92 Å². The van der Waals surface area contributed by atoms with E-state index in [0.29, 0.717) is 47.7 Å². The molecule has 0 spiro atoms. The lowest BCUT2D eigenvalue weighted by molar-refractivity contribution is -0.141. The van der Waals surface area contributed by atoms with Crippen molar-refractivity contribution in [2.45, 2.75) is 93.7 Å². The van der Waals surface area contributed by atoms with E-state index in [1.54, 1.807) is 12.1 Å². The van der Waals surface area contributed by atoms with Crippen molar-refractivity contribution >= 4 is 55.9 Å². The first-order valence-corrected chi connectivity index (χ1v) is 20.7. The molecule has 3 N–H and O–H groups in total. The summed E-state index contributed by atoms with van der Waals surface area (Å²) in [5.74, 6) is -2.71. The lowest BCUT2D eigenvalue weighted by atomic mass is 10.1. The molecule has 4 aliphatic rings. The molecule has 0 radical (unpaired) electrons. The van der Waals surface area contributed by atoms with Gasteiger partial charge in [-0.25, -0.2) is 22.6 Å². The van der Waals surface area contributed by atoms with Gasteiger partial charge < -0.3 is 29.4 Å². The van der Waals surface area contributed by atoms with Crippen LogP contribution >= 0.6 is 0 Å². The van der Waals surface area contributed by atoms with E-state index < -0.39 is 74.5 Å². The average molecular weight is 803 g/mol. The monoisotopic (exact) mass is 802 g/mol. The molecule has 2 aliphatic heterocycles. The van der Waals surface area contributed by atoms with Crippen LogP contribution in [0.2, 0.25) is 0 Å². The molecule has 2 aromatic carbocycles. The van der Waals surface area contributed by atoms with Gasteiger partial charge in [0.05, 0.1) is 18.9 Å². The molecule has 4 heterocycles. The van der Waals surface area contributed by atoms with Gasteiger partial charge in [0.2, 0.25) is 27.4 Å². The lowest BCUT2D eigenvalue weighted by Crippen LogP contribution is -2.58. The molecule has 57 heavy (non-hydrogen) atoms. The highest BCUT2D eigenvalue weighted by atomic mass is 32.2. The topological polar surface area (TPSA) is 199 Å². The average Bonchev–Trinajstić information content (AvgIpc) is 4.09. The summed E-state index contributed by atoms with van der Waals surface area (Å²) < 4.78 is 59.5. The Morgan fingerprint density at radius 1 is 1.04 bits per heavy atom. The smallest absolute Gasteiger partial charge is 0.407 e. The molecule has 2 aromatic heterocycles. The minimum Gasteiger partial charge on any atom is -0.470 e. The first-order chi connectivity index (χ1) is 27.4. The van der Waals surface area contributed by atoms with Gasteiger partial charge in [-0.3, -0.25) is 19.1 Å². The second-order valence-corrected chi connectivity index (χ2v) is 17.2. The zero-order valence-electron chi connectivity index (χ0n) is 31.5. The van der Waals surface area contributed by atoms with E-state index >= 15 is 0 Å². The van der Waals surface area contributed by atoms with Crippen molar-refractivity contribution in [3.63, 3.8) is 0 Å². The van der Waals surface area contributed by atoms with Crippen LogP contribution in [-0.4, -0.2) is 89.7 Å². The van der Waals surface area contributed by atoms with Crippen LogP contribution < -0.4 is 20.1 Å². The van der Waals surface area contributed by atoms with E-state index in [4.69, 9.17) is 23.9 Å². The molecular weight excluding hydrogens is 760 g/mol. The molecule has 15 nitrogen and oxygen atoms in total. The number of benzene rings is 2. The van der Waals surface area contributed by atoms with Crippen LogP contribution in [-0.2, 0) is 29.1 Å². The standard InChI is InChI=1S/C40H43FN6O9S/c1-22-9-8-11-28-31-33(56-32(22)28)36(44-34(43-31)23-13-15-25(41)16-14-23)55-26-19-30-35(48)45-40(38(50)46-57(52,53)27-17-18-27)20-24(40)10-6-4-3-5-7-12-29(42-39(51)54-2)37(49)47(30)21-26/h6,8-11,13-16,24,26-27,29-30H,3-5,7,12,17-21H2,1-2H3,(H,42,51)(H,45,48)(H,46,50)/b10-6-/t24-,26-,29+,30+,40-/m1/s1. The van der Waals surface area contributed by atoms with Crippen molar-refractivity contribution in [2.75, 3.05) is 13.7 Å². The Labute approximate surface area is 327 Å². The van der Waals surface area contributed by atoms with Gasteiger partial charge in [0, 0.05) is 23.3 Å². The van der Waals surface area contributed by atoms with Crippen LogP contribution in [0.15, 0.2) is 59.0 Å². The number of hydrogen-bond donors (Lipinski definition) is 3.